The Morgan fingerprint density at radius 1 is 1.18 bits per heavy atom. The Labute approximate surface area is 174 Å². The number of piperidine rings is 1. The summed E-state index contributed by atoms with van der Waals surface area (Å²) >= 11 is 1.46. The average Bonchev–Trinajstić information content (AvgIpc) is 3.27. The van der Waals surface area contributed by atoms with E-state index in [4.69, 9.17) is 9.47 Å². The van der Waals surface area contributed by atoms with Crippen LogP contribution in [0.5, 0.6) is 11.5 Å². The van der Waals surface area contributed by atoms with Gasteiger partial charge < -0.3 is 20.1 Å². The molecule has 5 rings (SSSR count). The highest BCUT2D eigenvalue weighted by Crippen LogP contribution is 2.36. The number of aromatic nitrogens is 1. The number of benzene rings is 1. The van der Waals surface area contributed by atoms with Crippen molar-refractivity contribution in [1.29, 1.82) is 0 Å². The van der Waals surface area contributed by atoms with Gasteiger partial charge in [0, 0.05) is 29.4 Å². The number of carbonyl (C=O) groups is 1. The van der Waals surface area contributed by atoms with Gasteiger partial charge in [-0.25, -0.2) is 4.98 Å². The van der Waals surface area contributed by atoms with E-state index in [1.54, 1.807) is 0 Å². The van der Waals surface area contributed by atoms with Crippen molar-refractivity contribution in [3.8, 4) is 22.8 Å². The van der Waals surface area contributed by atoms with Gasteiger partial charge in [0.15, 0.2) is 16.6 Å². The number of fused-ring (bicyclic) bond motifs is 3. The second-order valence-corrected chi connectivity index (χ2v) is 8.48. The fraction of sp³-hybridized carbons (Fsp3) is 0.500. The van der Waals surface area contributed by atoms with Gasteiger partial charge in [0.25, 0.3) is 0 Å². The summed E-state index contributed by atoms with van der Waals surface area (Å²) in [7, 11) is 0. The molecule has 0 saturated carbocycles. The highest BCUT2D eigenvalue weighted by molar-refractivity contribution is 7.14. The molecule has 1 aromatic carbocycles. The first-order chi connectivity index (χ1) is 13.2. The monoisotopic (exact) mass is 421 g/mol. The first kappa shape index (κ1) is 19.5. The van der Waals surface area contributed by atoms with E-state index in [-0.39, 0.29) is 18.3 Å². The molecule has 2 bridgehead atoms. The maximum Gasteiger partial charge on any atom is 0.226 e. The maximum absolute atomic E-state index is 12.5. The van der Waals surface area contributed by atoms with E-state index in [9.17, 15) is 4.79 Å². The summed E-state index contributed by atoms with van der Waals surface area (Å²) in [5.74, 6) is 2.08. The number of anilines is 1. The van der Waals surface area contributed by atoms with Crippen molar-refractivity contribution in [2.45, 2.75) is 44.2 Å². The van der Waals surface area contributed by atoms with Crippen LogP contribution < -0.4 is 20.1 Å². The molecule has 3 aliphatic rings. The molecule has 150 valence electrons. The molecule has 0 spiro atoms. The van der Waals surface area contributed by atoms with Gasteiger partial charge in [0.1, 0.15) is 13.2 Å². The summed E-state index contributed by atoms with van der Waals surface area (Å²) < 4.78 is 11.2. The quantitative estimate of drug-likeness (QED) is 0.784. The highest BCUT2D eigenvalue weighted by atomic mass is 35.5. The maximum atomic E-state index is 12.5. The number of hydrogen-bond acceptors (Lipinski definition) is 6. The molecule has 6 nitrogen and oxygen atoms in total. The summed E-state index contributed by atoms with van der Waals surface area (Å²) in [5.41, 5.74) is 1.80. The third-order valence-corrected chi connectivity index (χ3v) is 6.39. The lowest BCUT2D eigenvalue weighted by atomic mass is 9.89. The van der Waals surface area contributed by atoms with Crippen LogP contribution in [-0.2, 0) is 4.79 Å². The van der Waals surface area contributed by atoms with Crippen LogP contribution >= 0.6 is 23.7 Å². The number of carbonyl (C=O) groups excluding carboxylic acids is 1. The third kappa shape index (κ3) is 4.11. The topological polar surface area (TPSA) is 72.5 Å². The first-order valence-corrected chi connectivity index (χ1v) is 10.5. The summed E-state index contributed by atoms with van der Waals surface area (Å²) in [6, 6.07) is 7.05. The second kappa shape index (κ2) is 8.27. The minimum atomic E-state index is 0. The number of nitrogens with one attached hydrogen (secondary N) is 2. The molecular formula is C20H24ClN3O3S. The van der Waals surface area contributed by atoms with E-state index < -0.39 is 0 Å². The number of amides is 1. The average molecular weight is 422 g/mol. The number of thiazole rings is 1. The highest BCUT2D eigenvalue weighted by Gasteiger charge is 2.34. The zero-order valence-corrected chi connectivity index (χ0v) is 17.1. The standard InChI is InChI=1S/C20H23N3O3S.ClH/c24-19(9-12-7-14-2-3-15(8-12)21-14)23-20-22-16(11-27-20)13-1-4-17-18(10-13)26-6-5-25-17;/h1,4,10-12,14-15,21H,2-3,5-9H2,(H,22,23,24);1H. The molecule has 3 aliphatic heterocycles. The molecular weight excluding hydrogens is 398 g/mol. The smallest absolute Gasteiger partial charge is 0.226 e. The van der Waals surface area contributed by atoms with Crippen LogP contribution in [-0.4, -0.2) is 36.2 Å². The number of halogens is 1. The summed E-state index contributed by atoms with van der Waals surface area (Å²) in [5, 5.41) is 9.23. The molecule has 2 N–H and O–H groups in total. The lowest BCUT2D eigenvalue weighted by Gasteiger charge is -2.28. The Hall–Kier alpha value is -1.83. The molecule has 2 unspecified atom stereocenters. The van der Waals surface area contributed by atoms with Gasteiger partial charge >= 0.3 is 0 Å². The van der Waals surface area contributed by atoms with Gasteiger partial charge in [-0.15, -0.1) is 23.7 Å². The normalized spacial score (nSPS) is 25.1. The zero-order valence-electron chi connectivity index (χ0n) is 15.5. The van der Waals surface area contributed by atoms with E-state index in [2.05, 4.69) is 15.6 Å². The van der Waals surface area contributed by atoms with Gasteiger partial charge in [-0.2, -0.15) is 0 Å². The minimum Gasteiger partial charge on any atom is -0.486 e. The largest absolute Gasteiger partial charge is 0.486 e. The van der Waals surface area contributed by atoms with E-state index in [0.717, 1.165) is 35.6 Å². The minimum absolute atomic E-state index is 0. The van der Waals surface area contributed by atoms with Crippen LogP contribution in [0.4, 0.5) is 5.13 Å². The van der Waals surface area contributed by atoms with Crippen molar-refractivity contribution in [3.63, 3.8) is 0 Å². The lowest BCUT2D eigenvalue weighted by molar-refractivity contribution is -0.117. The fourth-order valence-corrected chi connectivity index (χ4v) is 5.18. The molecule has 0 aliphatic carbocycles. The first-order valence-electron chi connectivity index (χ1n) is 9.64. The number of hydrogen-bond donors (Lipinski definition) is 2. The van der Waals surface area contributed by atoms with Crippen LogP contribution in [0.15, 0.2) is 23.6 Å². The van der Waals surface area contributed by atoms with Crippen molar-refractivity contribution in [2.24, 2.45) is 5.92 Å². The zero-order chi connectivity index (χ0) is 18.2. The molecule has 0 radical (unpaired) electrons. The fourth-order valence-electron chi connectivity index (χ4n) is 4.44. The Morgan fingerprint density at radius 3 is 2.71 bits per heavy atom. The summed E-state index contributed by atoms with van der Waals surface area (Å²) in [6.07, 6.45) is 5.34. The molecule has 2 aromatic rings. The molecule has 1 amide bonds. The van der Waals surface area contributed by atoms with Crippen LogP contribution in [0.25, 0.3) is 11.3 Å². The van der Waals surface area contributed by atoms with Crippen LogP contribution in [0.1, 0.15) is 32.1 Å². The van der Waals surface area contributed by atoms with Crippen molar-refractivity contribution >= 4 is 34.8 Å². The molecule has 1 aromatic heterocycles. The predicted octanol–water partition coefficient (Wildman–Crippen LogP) is 3.86. The molecule has 2 saturated heterocycles. The number of rotatable bonds is 4. The SMILES string of the molecule is Cl.O=C(CC1CC2CCC(C1)N2)Nc1nc(-c2ccc3c(c2)OCCO3)cs1. The van der Waals surface area contributed by atoms with Gasteiger partial charge in [-0.05, 0) is 49.8 Å². The van der Waals surface area contributed by atoms with Gasteiger partial charge in [-0.1, -0.05) is 0 Å². The molecule has 8 heteroatoms. The van der Waals surface area contributed by atoms with E-state index in [0.29, 0.717) is 42.8 Å². The van der Waals surface area contributed by atoms with E-state index in [1.165, 1.54) is 24.2 Å². The van der Waals surface area contributed by atoms with Crippen molar-refractivity contribution in [3.05, 3.63) is 23.6 Å². The van der Waals surface area contributed by atoms with Crippen LogP contribution in [0.3, 0.4) is 0 Å². The Kier molecular flexibility index (Phi) is 5.75. The molecule has 2 fully saturated rings. The van der Waals surface area contributed by atoms with Gasteiger partial charge in [-0.3, -0.25) is 4.79 Å². The van der Waals surface area contributed by atoms with E-state index in [1.807, 2.05) is 23.6 Å². The van der Waals surface area contributed by atoms with Crippen molar-refractivity contribution in [1.82, 2.24) is 10.3 Å². The van der Waals surface area contributed by atoms with Crippen LogP contribution in [0, 0.1) is 5.92 Å². The van der Waals surface area contributed by atoms with Crippen molar-refractivity contribution in [2.75, 3.05) is 18.5 Å². The molecule has 28 heavy (non-hydrogen) atoms. The van der Waals surface area contributed by atoms with Crippen molar-refractivity contribution < 1.29 is 14.3 Å². The third-order valence-electron chi connectivity index (χ3n) is 5.63. The lowest BCUT2D eigenvalue weighted by Crippen LogP contribution is -2.39. The molecule has 4 heterocycles. The summed E-state index contributed by atoms with van der Waals surface area (Å²) in [4.78, 5) is 17.0. The van der Waals surface area contributed by atoms with Crippen LogP contribution in [0.2, 0.25) is 0 Å². The number of ether oxygens (including phenoxy) is 2. The van der Waals surface area contributed by atoms with E-state index >= 15 is 0 Å². The Bertz CT molecular complexity index is 847. The van der Waals surface area contributed by atoms with Gasteiger partial charge in [0.2, 0.25) is 5.91 Å². The summed E-state index contributed by atoms with van der Waals surface area (Å²) in [6.45, 7) is 1.14. The molecule has 2 atom stereocenters. The Balaban J connectivity index is 0.00000192. The Morgan fingerprint density at radius 2 is 1.93 bits per heavy atom. The predicted molar refractivity (Wildman–Crippen MR) is 112 cm³/mol. The second-order valence-electron chi connectivity index (χ2n) is 7.62. The number of nitrogens with zero attached hydrogens (tertiary/aromatic N) is 1. The van der Waals surface area contributed by atoms with Gasteiger partial charge in [0.05, 0.1) is 5.69 Å².